The van der Waals surface area contributed by atoms with Gasteiger partial charge in [-0.2, -0.15) is 4.98 Å². The predicted molar refractivity (Wildman–Crippen MR) is 75.2 cm³/mol. The van der Waals surface area contributed by atoms with Crippen molar-refractivity contribution in [1.29, 1.82) is 0 Å². The van der Waals surface area contributed by atoms with Crippen LogP contribution in [0.4, 0.5) is 0 Å². The number of aryl methyl sites for hydroxylation is 2. The molecule has 0 fully saturated rings. The molecule has 3 N–H and O–H groups in total. The fourth-order valence-corrected chi connectivity index (χ4v) is 1.67. The van der Waals surface area contributed by atoms with Gasteiger partial charge < -0.3 is 15.7 Å². The van der Waals surface area contributed by atoms with Gasteiger partial charge in [0.1, 0.15) is 11.4 Å². The summed E-state index contributed by atoms with van der Waals surface area (Å²) in [6.07, 6.45) is 0.967. The van der Waals surface area contributed by atoms with E-state index in [1.165, 1.54) is 5.56 Å². The molecule has 6 nitrogen and oxygen atoms in total. The number of aromatic nitrogens is 2. The van der Waals surface area contributed by atoms with Crippen molar-refractivity contribution in [1.82, 2.24) is 9.97 Å². The molecule has 1 aromatic heterocycles. The van der Waals surface area contributed by atoms with Crippen LogP contribution in [-0.4, -0.2) is 21.0 Å². The Morgan fingerprint density at radius 2 is 2.00 bits per heavy atom. The molecular formula is C14H16N4O2. The lowest BCUT2D eigenvalue weighted by Gasteiger charge is -2.07. The van der Waals surface area contributed by atoms with Gasteiger partial charge in [-0.05, 0) is 37.1 Å². The number of amidine groups is 1. The second-order valence-electron chi connectivity index (χ2n) is 4.26. The van der Waals surface area contributed by atoms with Crippen LogP contribution in [0, 0.1) is 6.92 Å². The molecule has 0 spiro atoms. The van der Waals surface area contributed by atoms with Gasteiger partial charge in [0.05, 0.1) is 0 Å². The zero-order valence-corrected chi connectivity index (χ0v) is 11.4. The number of oxime groups is 1. The van der Waals surface area contributed by atoms with Gasteiger partial charge in [0.2, 0.25) is 0 Å². The van der Waals surface area contributed by atoms with Gasteiger partial charge in [-0.1, -0.05) is 24.2 Å². The van der Waals surface area contributed by atoms with Crippen molar-refractivity contribution >= 4 is 5.84 Å². The van der Waals surface area contributed by atoms with E-state index < -0.39 is 0 Å². The molecule has 0 saturated carbocycles. The molecular weight excluding hydrogens is 256 g/mol. The molecule has 104 valence electrons. The first-order valence-corrected chi connectivity index (χ1v) is 6.22. The Balaban J connectivity index is 2.26. The maximum atomic E-state index is 8.68. The fraction of sp³-hybridized carbons (Fsp3) is 0.214. The second kappa shape index (κ2) is 6.01. The Morgan fingerprint density at radius 1 is 1.30 bits per heavy atom. The Labute approximate surface area is 116 Å². The molecule has 0 bridgehead atoms. The maximum absolute atomic E-state index is 8.68. The monoisotopic (exact) mass is 272 g/mol. The van der Waals surface area contributed by atoms with Gasteiger partial charge in [-0.3, -0.25) is 0 Å². The van der Waals surface area contributed by atoms with Gasteiger partial charge in [0.15, 0.2) is 5.84 Å². The molecule has 1 heterocycles. The SMILES string of the molecule is CCc1ccc(Oc2nc(C)cc(/C(N)=N/O)n2)cc1. The highest BCUT2D eigenvalue weighted by molar-refractivity contribution is 5.95. The number of nitrogens with two attached hydrogens (primary N) is 1. The van der Waals surface area contributed by atoms with Gasteiger partial charge >= 0.3 is 6.01 Å². The van der Waals surface area contributed by atoms with Crippen LogP contribution in [0.1, 0.15) is 23.9 Å². The predicted octanol–water partition coefficient (Wildman–Crippen LogP) is 2.23. The van der Waals surface area contributed by atoms with Crippen LogP contribution in [-0.2, 0) is 6.42 Å². The van der Waals surface area contributed by atoms with Crippen molar-refractivity contribution in [2.24, 2.45) is 10.9 Å². The third kappa shape index (κ3) is 3.23. The fourth-order valence-electron chi connectivity index (χ4n) is 1.67. The summed E-state index contributed by atoms with van der Waals surface area (Å²) >= 11 is 0. The minimum atomic E-state index is -0.0818. The zero-order valence-electron chi connectivity index (χ0n) is 11.4. The van der Waals surface area contributed by atoms with E-state index in [4.69, 9.17) is 15.7 Å². The van der Waals surface area contributed by atoms with E-state index >= 15 is 0 Å². The molecule has 0 aliphatic rings. The summed E-state index contributed by atoms with van der Waals surface area (Å²) in [5, 5.41) is 11.6. The van der Waals surface area contributed by atoms with Crippen molar-refractivity contribution in [3.8, 4) is 11.8 Å². The Hall–Kier alpha value is -2.63. The molecule has 20 heavy (non-hydrogen) atoms. The summed E-state index contributed by atoms with van der Waals surface area (Å²) in [6, 6.07) is 9.45. The van der Waals surface area contributed by atoms with Crippen molar-refractivity contribution in [2.75, 3.05) is 0 Å². The smallest absolute Gasteiger partial charge is 0.322 e. The zero-order chi connectivity index (χ0) is 14.5. The highest BCUT2D eigenvalue weighted by atomic mass is 16.5. The van der Waals surface area contributed by atoms with Crippen molar-refractivity contribution in [2.45, 2.75) is 20.3 Å². The first-order valence-electron chi connectivity index (χ1n) is 6.22. The number of nitrogens with zero attached hydrogens (tertiary/aromatic N) is 3. The van der Waals surface area contributed by atoms with Crippen LogP contribution in [0.3, 0.4) is 0 Å². The van der Waals surface area contributed by atoms with Crippen LogP contribution in [0.25, 0.3) is 0 Å². The van der Waals surface area contributed by atoms with E-state index in [1.54, 1.807) is 13.0 Å². The van der Waals surface area contributed by atoms with Gasteiger partial charge in [0.25, 0.3) is 0 Å². The van der Waals surface area contributed by atoms with E-state index in [1.807, 2.05) is 24.3 Å². The molecule has 0 radical (unpaired) electrons. The molecule has 0 saturated heterocycles. The Kier molecular flexibility index (Phi) is 4.14. The third-order valence-corrected chi connectivity index (χ3v) is 2.74. The van der Waals surface area contributed by atoms with Crippen molar-refractivity contribution in [3.63, 3.8) is 0 Å². The molecule has 0 unspecified atom stereocenters. The normalized spacial score (nSPS) is 11.4. The second-order valence-corrected chi connectivity index (χ2v) is 4.26. The van der Waals surface area contributed by atoms with Crippen LogP contribution in [0.5, 0.6) is 11.8 Å². The molecule has 6 heteroatoms. The topological polar surface area (TPSA) is 93.6 Å². The molecule has 0 atom stereocenters. The molecule has 1 aromatic carbocycles. The van der Waals surface area contributed by atoms with E-state index in [0.29, 0.717) is 17.1 Å². The van der Waals surface area contributed by atoms with Crippen molar-refractivity contribution in [3.05, 3.63) is 47.3 Å². The summed E-state index contributed by atoms with van der Waals surface area (Å²) in [6.45, 7) is 3.87. The highest BCUT2D eigenvalue weighted by Gasteiger charge is 2.08. The van der Waals surface area contributed by atoms with E-state index in [9.17, 15) is 0 Å². The molecule has 0 aliphatic carbocycles. The highest BCUT2D eigenvalue weighted by Crippen LogP contribution is 2.19. The lowest BCUT2D eigenvalue weighted by molar-refractivity contribution is 0.318. The number of benzene rings is 1. The number of hydrogen-bond acceptors (Lipinski definition) is 5. The Morgan fingerprint density at radius 3 is 2.60 bits per heavy atom. The van der Waals surface area contributed by atoms with Crippen LogP contribution >= 0.6 is 0 Å². The van der Waals surface area contributed by atoms with Gasteiger partial charge in [0, 0.05) is 5.69 Å². The average Bonchev–Trinajstić information content (AvgIpc) is 2.46. The van der Waals surface area contributed by atoms with Crippen LogP contribution < -0.4 is 10.5 Å². The largest absolute Gasteiger partial charge is 0.424 e. The summed E-state index contributed by atoms with van der Waals surface area (Å²) in [7, 11) is 0. The van der Waals surface area contributed by atoms with E-state index in [2.05, 4.69) is 22.0 Å². The Bertz CT molecular complexity index is 624. The summed E-state index contributed by atoms with van der Waals surface area (Å²) < 4.78 is 5.58. The first-order chi connectivity index (χ1) is 9.62. The molecule has 0 aliphatic heterocycles. The van der Waals surface area contributed by atoms with E-state index in [0.717, 1.165) is 6.42 Å². The third-order valence-electron chi connectivity index (χ3n) is 2.74. The summed E-state index contributed by atoms with van der Waals surface area (Å²) in [5.74, 6) is 0.555. The summed E-state index contributed by atoms with van der Waals surface area (Å²) in [5.41, 5.74) is 7.73. The number of ether oxygens (including phenoxy) is 1. The lowest BCUT2D eigenvalue weighted by Crippen LogP contribution is -2.16. The maximum Gasteiger partial charge on any atom is 0.322 e. The molecule has 2 rings (SSSR count). The van der Waals surface area contributed by atoms with Crippen LogP contribution in [0.2, 0.25) is 0 Å². The average molecular weight is 272 g/mol. The standard InChI is InChI=1S/C14H16N4O2/c1-3-10-4-6-11(7-5-10)20-14-16-9(2)8-12(17-14)13(15)18-19/h4-8,19H,3H2,1-2H3,(H2,15,18). The van der Waals surface area contributed by atoms with Crippen LogP contribution in [0.15, 0.2) is 35.5 Å². The minimum absolute atomic E-state index is 0.0818. The van der Waals surface area contributed by atoms with Gasteiger partial charge in [-0.25, -0.2) is 4.98 Å². The van der Waals surface area contributed by atoms with Gasteiger partial charge in [-0.15, -0.1) is 0 Å². The van der Waals surface area contributed by atoms with E-state index in [-0.39, 0.29) is 11.8 Å². The first kappa shape index (κ1) is 13.8. The molecule has 0 amide bonds. The minimum Gasteiger partial charge on any atom is -0.424 e. The number of hydrogen-bond donors (Lipinski definition) is 2. The quantitative estimate of drug-likeness (QED) is 0.385. The molecule has 2 aromatic rings. The lowest BCUT2D eigenvalue weighted by atomic mass is 10.2. The summed E-state index contributed by atoms with van der Waals surface area (Å²) in [4.78, 5) is 8.26. The van der Waals surface area contributed by atoms with Crippen molar-refractivity contribution < 1.29 is 9.94 Å². The number of rotatable bonds is 4.